The lowest BCUT2D eigenvalue weighted by atomic mass is 10.2. The lowest BCUT2D eigenvalue weighted by Crippen LogP contribution is -2.13. The molecule has 8 heteroatoms. The largest absolute Gasteiger partial charge is 0.503 e. The van der Waals surface area contributed by atoms with Crippen molar-refractivity contribution in [1.82, 2.24) is 9.78 Å². The zero-order valence-corrected chi connectivity index (χ0v) is 9.17. The lowest BCUT2D eigenvalue weighted by Gasteiger charge is -2.12. The van der Waals surface area contributed by atoms with Gasteiger partial charge in [-0.05, 0) is 6.92 Å². The summed E-state index contributed by atoms with van der Waals surface area (Å²) in [4.78, 5) is 11.5. The molecule has 0 amide bonds. The predicted octanol–water partition coefficient (Wildman–Crippen LogP) is 0.00202. The molecule has 0 unspecified atom stereocenters. The predicted molar refractivity (Wildman–Crippen MR) is 59.5 cm³/mol. The minimum Gasteiger partial charge on any atom is -0.503 e. The third-order valence-electron chi connectivity index (χ3n) is 2.42. The maximum absolute atomic E-state index is 11.5. The highest BCUT2D eigenvalue weighted by Crippen LogP contribution is 2.51. The molecule has 1 aromatic carbocycles. The van der Waals surface area contributed by atoms with Gasteiger partial charge >= 0.3 is 0 Å². The second-order valence-electron chi connectivity index (χ2n) is 3.70. The van der Waals surface area contributed by atoms with Crippen molar-refractivity contribution in [3.63, 3.8) is 0 Å². The SMILES string of the molecule is Cc1cc(=O)n(-c2c(O)c(O)c(O)c(O)c2O)[nH]1. The molecule has 1 aromatic heterocycles. The molecule has 0 aliphatic heterocycles. The summed E-state index contributed by atoms with van der Waals surface area (Å²) in [6.45, 7) is 1.56. The number of H-pyrrole nitrogens is 1. The number of aromatic nitrogens is 2. The van der Waals surface area contributed by atoms with E-state index in [1.165, 1.54) is 6.07 Å². The summed E-state index contributed by atoms with van der Waals surface area (Å²) in [5, 5.41) is 49.6. The fourth-order valence-corrected chi connectivity index (χ4v) is 1.56. The van der Waals surface area contributed by atoms with Crippen LogP contribution in [0.3, 0.4) is 0 Å². The van der Waals surface area contributed by atoms with E-state index in [1.807, 2.05) is 0 Å². The van der Waals surface area contributed by atoms with Gasteiger partial charge in [0.1, 0.15) is 0 Å². The van der Waals surface area contributed by atoms with Gasteiger partial charge in [-0.1, -0.05) is 0 Å². The Morgan fingerprint density at radius 3 is 1.78 bits per heavy atom. The maximum atomic E-state index is 11.5. The first-order chi connectivity index (χ1) is 8.34. The van der Waals surface area contributed by atoms with Crippen molar-refractivity contribution < 1.29 is 25.5 Å². The minimum absolute atomic E-state index is 0.436. The van der Waals surface area contributed by atoms with Crippen molar-refractivity contribution in [2.24, 2.45) is 0 Å². The number of hydrogen-bond donors (Lipinski definition) is 6. The Bertz CT molecular complexity index is 655. The van der Waals surface area contributed by atoms with E-state index in [2.05, 4.69) is 5.10 Å². The van der Waals surface area contributed by atoms with E-state index in [-0.39, 0.29) is 0 Å². The molecular formula is C10H10N2O6. The summed E-state index contributed by atoms with van der Waals surface area (Å²) in [6, 6.07) is 1.18. The Balaban J connectivity index is 2.88. The van der Waals surface area contributed by atoms with Crippen molar-refractivity contribution in [2.75, 3.05) is 0 Å². The standard InChI is InChI=1S/C10H10N2O6/c1-3-2-4(13)12(11-3)5-6(14)8(16)10(18)9(17)7(5)15/h2,11,14-18H,1H3. The van der Waals surface area contributed by atoms with Crippen molar-refractivity contribution in [1.29, 1.82) is 0 Å². The smallest absolute Gasteiger partial charge is 0.271 e. The monoisotopic (exact) mass is 254 g/mol. The van der Waals surface area contributed by atoms with E-state index < -0.39 is 40.0 Å². The average molecular weight is 254 g/mol. The van der Waals surface area contributed by atoms with E-state index in [4.69, 9.17) is 0 Å². The highest BCUT2D eigenvalue weighted by molar-refractivity contribution is 5.73. The maximum Gasteiger partial charge on any atom is 0.271 e. The van der Waals surface area contributed by atoms with E-state index >= 15 is 0 Å². The lowest BCUT2D eigenvalue weighted by molar-refractivity contribution is 0.326. The van der Waals surface area contributed by atoms with E-state index in [9.17, 15) is 30.3 Å². The highest BCUT2D eigenvalue weighted by atomic mass is 16.4. The Kier molecular flexibility index (Phi) is 2.35. The van der Waals surface area contributed by atoms with Gasteiger partial charge in [-0.2, -0.15) is 0 Å². The summed E-state index contributed by atoms with van der Waals surface area (Å²) < 4.78 is 0.721. The molecule has 2 aromatic rings. The Morgan fingerprint density at radius 2 is 1.39 bits per heavy atom. The number of nitrogens with zero attached hydrogens (tertiary/aromatic N) is 1. The van der Waals surface area contributed by atoms with Crippen LogP contribution in [-0.2, 0) is 0 Å². The first-order valence-corrected chi connectivity index (χ1v) is 4.82. The Hall–Kier alpha value is -2.77. The number of aromatic hydroxyl groups is 5. The molecule has 0 spiro atoms. The molecule has 0 atom stereocenters. The number of phenolic OH excluding ortho intramolecular Hbond substituents is 5. The van der Waals surface area contributed by atoms with Gasteiger partial charge < -0.3 is 25.5 Å². The van der Waals surface area contributed by atoms with Crippen molar-refractivity contribution in [3.05, 3.63) is 22.1 Å². The number of aryl methyl sites for hydroxylation is 1. The molecule has 0 bridgehead atoms. The second-order valence-corrected chi connectivity index (χ2v) is 3.70. The molecule has 2 rings (SSSR count). The number of rotatable bonds is 1. The summed E-state index contributed by atoms with van der Waals surface area (Å²) in [6.07, 6.45) is 0. The number of hydrogen-bond acceptors (Lipinski definition) is 6. The summed E-state index contributed by atoms with van der Waals surface area (Å²) in [5.41, 5.74) is -0.741. The van der Waals surface area contributed by atoms with Crippen LogP contribution in [0.4, 0.5) is 0 Å². The molecule has 8 nitrogen and oxygen atoms in total. The fourth-order valence-electron chi connectivity index (χ4n) is 1.56. The molecule has 18 heavy (non-hydrogen) atoms. The number of aromatic amines is 1. The fraction of sp³-hybridized carbons (Fsp3) is 0.100. The van der Waals surface area contributed by atoms with Gasteiger partial charge in [0.25, 0.3) is 5.56 Å². The quantitative estimate of drug-likeness (QED) is 0.313. The molecule has 0 saturated heterocycles. The van der Waals surface area contributed by atoms with Gasteiger partial charge in [0.05, 0.1) is 0 Å². The molecule has 6 N–H and O–H groups in total. The molecule has 0 fully saturated rings. The number of benzene rings is 1. The van der Waals surface area contributed by atoms with Crippen LogP contribution in [-0.4, -0.2) is 35.3 Å². The first kappa shape index (κ1) is 11.7. The second kappa shape index (κ2) is 3.62. The molecular weight excluding hydrogens is 244 g/mol. The third kappa shape index (κ3) is 1.43. The topological polar surface area (TPSA) is 139 Å². The van der Waals surface area contributed by atoms with E-state index in [1.54, 1.807) is 6.92 Å². The molecule has 0 saturated carbocycles. The minimum atomic E-state index is -1.08. The molecule has 1 heterocycles. The molecule has 96 valence electrons. The van der Waals surface area contributed by atoms with Crippen LogP contribution in [0.15, 0.2) is 10.9 Å². The summed E-state index contributed by atoms with van der Waals surface area (Å²) in [5.74, 6) is -5.04. The summed E-state index contributed by atoms with van der Waals surface area (Å²) >= 11 is 0. The van der Waals surface area contributed by atoms with Crippen LogP contribution in [0.25, 0.3) is 5.69 Å². The third-order valence-corrected chi connectivity index (χ3v) is 2.42. The first-order valence-electron chi connectivity index (χ1n) is 4.82. The molecule has 0 aliphatic carbocycles. The van der Waals surface area contributed by atoms with Crippen molar-refractivity contribution in [2.45, 2.75) is 6.92 Å². The van der Waals surface area contributed by atoms with Crippen LogP contribution in [0.2, 0.25) is 0 Å². The Labute approximate surface area is 99.6 Å². The molecule has 0 aliphatic rings. The number of phenols is 5. The van der Waals surface area contributed by atoms with Gasteiger partial charge in [-0.3, -0.25) is 9.89 Å². The van der Waals surface area contributed by atoms with Crippen LogP contribution < -0.4 is 5.56 Å². The van der Waals surface area contributed by atoms with Gasteiger partial charge in [0.15, 0.2) is 17.2 Å². The van der Waals surface area contributed by atoms with Gasteiger partial charge in [-0.25, -0.2) is 4.68 Å². The number of nitrogens with one attached hydrogen (secondary N) is 1. The average Bonchev–Trinajstić information content (AvgIpc) is 2.64. The van der Waals surface area contributed by atoms with Crippen LogP contribution in [0.5, 0.6) is 28.7 Å². The Morgan fingerprint density at radius 1 is 0.944 bits per heavy atom. The summed E-state index contributed by atoms with van der Waals surface area (Å²) in [7, 11) is 0. The van der Waals surface area contributed by atoms with E-state index in [0.717, 1.165) is 4.68 Å². The van der Waals surface area contributed by atoms with Crippen molar-refractivity contribution in [3.8, 4) is 34.4 Å². The van der Waals surface area contributed by atoms with Crippen molar-refractivity contribution >= 4 is 0 Å². The van der Waals surface area contributed by atoms with E-state index in [0.29, 0.717) is 5.69 Å². The zero-order chi connectivity index (χ0) is 13.6. The van der Waals surface area contributed by atoms with Gasteiger partial charge in [0, 0.05) is 11.8 Å². The zero-order valence-electron chi connectivity index (χ0n) is 9.17. The van der Waals surface area contributed by atoms with Crippen LogP contribution in [0.1, 0.15) is 5.69 Å². The normalized spacial score (nSPS) is 10.7. The van der Waals surface area contributed by atoms with Gasteiger partial charge in [-0.15, -0.1) is 0 Å². The van der Waals surface area contributed by atoms with Crippen LogP contribution >= 0.6 is 0 Å². The molecule has 0 radical (unpaired) electrons. The van der Waals surface area contributed by atoms with Crippen LogP contribution in [0, 0.1) is 6.92 Å². The highest BCUT2D eigenvalue weighted by Gasteiger charge is 2.25. The van der Waals surface area contributed by atoms with Gasteiger partial charge in [0.2, 0.25) is 17.2 Å².